The summed E-state index contributed by atoms with van der Waals surface area (Å²) in [5, 5.41) is 10.2. The molecule has 0 radical (unpaired) electrons. The lowest BCUT2D eigenvalue weighted by Crippen LogP contribution is -2.34. The fourth-order valence-electron chi connectivity index (χ4n) is 3.74. The number of fused-ring (bicyclic) bond motifs is 1. The molecule has 1 saturated carbocycles. The Morgan fingerprint density at radius 1 is 1.35 bits per heavy atom. The second kappa shape index (κ2) is 6.90. The molecular formula is C19H24N6O. The van der Waals surface area contributed by atoms with Crippen molar-refractivity contribution in [3.63, 3.8) is 0 Å². The fraction of sp³-hybridized carbons (Fsp3) is 0.474. The largest absolute Gasteiger partial charge is 0.349 e. The van der Waals surface area contributed by atoms with E-state index in [2.05, 4.69) is 30.0 Å². The van der Waals surface area contributed by atoms with Crippen LogP contribution in [0.5, 0.6) is 0 Å². The molecule has 7 nitrogen and oxygen atoms in total. The Morgan fingerprint density at radius 2 is 2.15 bits per heavy atom. The molecule has 26 heavy (non-hydrogen) atoms. The molecule has 2 N–H and O–H groups in total. The third-order valence-electron chi connectivity index (χ3n) is 5.05. The van der Waals surface area contributed by atoms with Crippen molar-refractivity contribution in [3.8, 4) is 0 Å². The fourth-order valence-corrected chi connectivity index (χ4v) is 3.74. The Kier molecular flexibility index (Phi) is 4.44. The second-order valence-corrected chi connectivity index (χ2v) is 7.28. The standard InChI is InChI=1S/C19H24N6O/c1-12(7-15-8-13(2)23-24-15)22-19(26)14-9-17-18(20-10-14)25(11-21-17)16-5-3-4-6-16/h8-12,16H,3-7H2,1-2H3,(H,22,26)(H,23,24). The van der Waals surface area contributed by atoms with Gasteiger partial charge in [0.05, 0.1) is 17.6 Å². The number of nitrogens with one attached hydrogen (secondary N) is 2. The smallest absolute Gasteiger partial charge is 0.253 e. The Bertz CT molecular complexity index is 921. The van der Waals surface area contributed by atoms with Gasteiger partial charge in [-0.15, -0.1) is 0 Å². The van der Waals surface area contributed by atoms with Crippen LogP contribution in [0.15, 0.2) is 24.7 Å². The van der Waals surface area contributed by atoms with Crippen LogP contribution in [0.2, 0.25) is 0 Å². The molecule has 0 bridgehead atoms. The van der Waals surface area contributed by atoms with Gasteiger partial charge in [-0.05, 0) is 38.8 Å². The molecule has 1 aliphatic carbocycles. The van der Waals surface area contributed by atoms with Gasteiger partial charge in [-0.25, -0.2) is 9.97 Å². The molecule has 1 amide bonds. The predicted molar refractivity (Wildman–Crippen MR) is 99.0 cm³/mol. The van der Waals surface area contributed by atoms with Crippen molar-refractivity contribution in [2.75, 3.05) is 0 Å². The van der Waals surface area contributed by atoms with Gasteiger partial charge < -0.3 is 9.88 Å². The van der Waals surface area contributed by atoms with E-state index in [1.54, 1.807) is 6.20 Å². The number of aromatic nitrogens is 5. The van der Waals surface area contributed by atoms with Crippen molar-refractivity contribution in [3.05, 3.63) is 41.6 Å². The number of amides is 1. The van der Waals surface area contributed by atoms with Crippen LogP contribution in [-0.4, -0.2) is 36.7 Å². The molecule has 136 valence electrons. The van der Waals surface area contributed by atoms with Crippen LogP contribution >= 0.6 is 0 Å². The highest BCUT2D eigenvalue weighted by Crippen LogP contribution is 2.31. The van der Waals surface area contributed by atoms with Gasteiger partial charge in [0.25, 0.3) is 5.91 Å². The third kappa shape index (κ3) is 3.34. The maximum atomic E-state index is 12.5. The summed E-state index contributed by atoms with van der Waals surface area (Å²) in [4.78, 5) is 21.5. The van der Waals surface area contributed by atoms with E-state index in [0.717, 1.165) is 22.6 Å². The highest BCUT2D eigenvalue weighted by molar-refractivity contribution is 5.96. The number of hydrogen-bond donors (Lipinski definition) is 2. The van der Waals surface area contributed by atoms with Crippen LogP contribution in [-0.2, 0) is 6.42 Å². The van der Waals surface area contributed by atoms with E-state index in [1.807, 2.05) is 32.3 Å². The molecule has 3 aromatic heterocycles. The molecule has 1 atom stereocenters. The molecule has 3 heterocycles. The molecular weight excluding hydrogens is 328 g/mol. The first-order chi connectivity index (χ1) is 12.6. The quantitative estimate of drug-likeness (QED) is 0.739. The lowest BCUT2D eigenvalue weighted by atomic mass is 10.1. The van der Waals surface area contributed by atoms with E-state index in [4.69, 9.17) is 0 Å². The minimum Gasteiger partial charge on any atom is -0.349 e. The number of rotatable bonds is 5. The topological polar surface area (TPSA) is 88.5 Å². The number of H-pyrrole nitrogens is 1. The lowest BCUT2D eigenvalue weighted by molar-refractivity contribution is 0.0939. The summed E-state index contributed by atoms with van der Waals surface area (Å²) in [5.41, 5.74) is 4.15. The van der Waals surface area contributed by atoms with Crippen molar-refractivity contribution in [1.29, 1.82) is 0 Å². The first-order valence-electron chi connectivity index (χ1n) is 9.24. The zero-order valence-electron chi connectivity index (χ0n) is 15.2. The summed E-state index contributed by atoms with van der Waals surface area (Å²) < 4.78 is 2.16. The van der Waals surface area contributed by atoms with Crippen LogP contribution in [0.4, 0.5) is 0 Å². The number of aryl methyl sites for hydroxylation is 1. The van der Waals surface area contributed by atoms with Crippen LogP contribution in [0.3, 0.4) is 0 Å². The lowest BCUT2D eigenvalue weighted by Gasteiger charge is -2.13. The summed E-state index contributed by atoms with van der Waals surface area (Å²) in [5.74, 6) is -0.130. The molecule has 4 rings (SSSR count). The number of imidazole rings is 1. The van der Waals surface area contributed by atoms with Crippen LogP contribution in [0.25, 0.3) is 11.2 Å². The summed E-state index contributed by atoms with van der Waals surface area (Å²) in [6.07, 6.45) is 9.08. The molecule has 0 aromatic carbocycles. The number of pyridine rings is 1. The first kappa shape index (κ1) is 16.8. The van der Waals surface area contributed by atoms with Gasteiger partial charge in [-0.2, -0.15) is 5.10 Å². The zero-order valence-corrected chi connectivity index (χ0v) is 15.2. The van der Waals surface area contributed by atoms with Crippen LogP contribution < -0.4 is 5.32 Å². The van der Waals surface area contributed by atoms with Gasteiger partial charge in [0.2, 0.25) is 0 Å². The number of hydrogen-bond acceptors (Lipinski definition) is 4. The average molecular weight is 352 g/mol. The Morgan fingerprint density at radius 3 is 2.88 bits per heavy atom. The van der Waals surface area contributed by atoms with Gasteiger partial charge in [0, 0.05) is 30.4 Å². The van der Waals surface area contributed by atoms with E-state index in [0.29, 0.717) is 18.0 Å². The second-order valence-electron chi connectivity index (χ2n) is 7.28. The zero-order chi connectivity index (χ0) is 18.1. The highest BCUT2D eigenvalue weighted by atomic mass is 16.1. The number of nitrogens with zero attached hydrogens (tertiary/aromatic N) is 4. The normalized spacial score (nSPS) is 16.2. The number of carbonyl (C=O) groups excluding carboxylic acids is 1. The maximum Gasteiger partial charge on any atom is 0.253 e. The van der Waals surface area contributed by atoms with Gasteiger partial charge in [-0.3, -0.25) is 9.89 Å². The van der Waals surface area contributed by atoms with E-state index < -0.39 is 0 Å². The summed E-state index contributed by atoms with van der Waals surface area (Å²) >= 11 is 0. The van der Waals surface area contributed by atoms with Crippen molar-refractivity contribution in [2.24, 2.45) is 0 Å². The Balaban J connectivity index is 1.46. The van der Waals surface area contributed by atoms with Crippen molar-refractivity contribution in [1.82, 2.24) is 30.0 Å². The summed E-state index contributed by atoms with van der Waals surface area (Å²) in [7, 11) is 0. The predicted octanol–water partition coefficient (Wildman–Crippen LogP) is 2.94. The molecule has 0 saturated heterocycles. The Hall–Kier alpha value is -2.70. The molecule has 3 aromatic rings. The maximum absolute atomic E-state index is 12.5. The minimum atomic E-state index is -0.130. The first-order valence-corrected chi connectivity index (χ1v) is 9.24. The van der Waals surface area contributed by atoms with E-state index in [-0.39, 0.29) is 11.9 Å². The SMILES string of the molecule is Cc1cc(CC(C)NC(=O)c2cnc3c(c2)ncn3C2CCCC2)n[nH]1. The third-order valence-corrected chi connectivity index (χ3v) is 5.05. The van der Waals surface area contributed by atoms with Crippen LogP contribution in [0, 0.1) is 6.92 Å². The summed E-state index contributed by atoms with van der Waals surface area (Å²) in [6.45, 7) is 3.94. The van der Waals surface area contributed by atoms with E-state index in [1.165, 1.54) is 25.7 Å². The van der Waals surface area contributed by atoms with Crippen molar-refractivity contribution in [2.45, 2.75) is 58.0 Å². The molecule has 1 aliphatic rings. The number of carbonyl (C=O) groups is 1. The Labute approximate surface area is 152 Å². The summed E-state index contributed by atoms with van der Waals surface area (Å²) in [6, 6.07) is 4.29. The minimum absolute atomic E-state index is 0.0167. The van der Waals surface area contributed by atoms with Crippen molar-refractivity contribution >= 4 is 17.1 Å². The van der Waals surface area contributed by atoms with E-state index >= 15 is 0 Å². The van der Waals surface area contributed by atoms with Crippen molar-refractivity contribution < 1.29 is 4.79 Å². The highest BCUT2D eigenvalue weighted by Gasteiger charge is 2.20. The van der Waals surface area contributed by atoms with Gasteiger partial charge in [0.1, 0.15) is 5.52 Å². The average Bonchev–Trinajstić information content (AvgIpc) is 3.34. The molecule has 7 heteroatoms. The molecule has 0 aliphatic heterocycles. The van der Waals surface area contributed by atoms with Crippen LogP contribution in [0.1, 0.15) is 60.4 Å². The van der Waals surface area contributed by atoms with Gasteiger partial charge in [-0.1, -0.05) is 12.8 Å². The number of aromatic amines is 1. The monoisotopic (exact) mass is 352 g/mol. The van der Waals surface area contributed by atoms with Gasteiger partial charge >= 0.3 is 0 Å². The van der Waals surface area contributed by atoms with Gasteiger partial charge in [0.15, 0.2) is 5.65 Å². The molecule has 1 fully saturated rings. The molecule has 1 unspecified atom stereocenters. The van der Waals surface area contributed by atoms with E-state index in [9.17, 15) is 4.79 Å². The molecule has 0 spiro atoms.